The lowest BCUT2D eigenvalue weighted by Gasteiger charge is -2.13. The quantitative estimate of drug-likeness (QED) is 0.618. The third-order valence-electron chi connectivity index (χ3n) is 2.34. The summed E-state index contributed by atoms with van der Waals surface area (Å²) in [6, 6.07) is 0.590. The highest BCUT2D eigenvalue weighted by Crippen LogP contribution is 2.09. The normalized spacial score (nSPS) is 15.7. The van der Waals surface area contributed by atoms with Crippen molar-refractivity contribution in [3.63, 3.8) is 0 Å². The van der Waals surface area contributed by atoms with Crippen molar-refractivity contribution >= 4 is 0 Å². The number of hydrogen-bond acceptors (Lipinski definition) is 1. The molecule has 0 heterocycles. The molecule has 0 rings (SSSR count). The van der Waals surface area contributed by atoms with Gasteiger partial charge in [-0.3, -0.25) is 4.39 Å². The van der Waals surface area contributed by atoms with Gasteiger partial charge in [0.05, 0.1) is 6.67 Å². The van der Waals surface area contributed by atoms with Gasteiger partial charge in [0.1, 0.15) is 0 Å². The van der Waals surface area contributed by atoms with Gasteiger partial charge in [-0.1, -0.05) is 20.3 Å². The average molecular weight is 189 g/mol. The Morgan fingerprint density at radius 2 is 1.92 bits per heavy atom. The maximum absolute atomic E-state index is 12.1. The number of hydrogen-bond donors (Lipinski definition) is 1. The first-order valence-corrected chi connectivity index (χ1v) is 5.50. The van der Waals surface area contributed by atoms with Crippen LogP contribution < -0.4 is 5.32 Å². The molecular weight excluding hydrogens is 165 g/mol. The van der Waals surface area contributed by atoms with Crippen molar-refractivity contribution < 1.29 is 4.39 Å². The van der Waals surface area contributed by atoms with Crippen LogP contribution in [0.1, 0.15) is 46.5 Å². The van der Waals surface area contributed by atoms with Crippen LogP contribution in [0.15, 0.2) is 0 Å². The summed E-state index contributed by atoms with van der Waals surface area (Å²) >= 11 is 0. The molecular formula is C11H24FN. The van der Waals surface area contributed by atoms with Gasteiger partial charge < -0.3 is 5.32 Å². The summed E-state index contributed by atoms with van der Waals surface area (Å²) in [5.74, 6) is 0.248. The van der Waals surface area contributed by atoms with Crippen molar-refractivity contribution in [2.45, 2.75) is 52.5 Å². The molecule has 1 N–H and O–H groups in total. The van der Waals surface area contributed by atoms with Gasteiger partial charge in [-0.2, -0.15) is 0 Å². The first-order chi connectivity index (χ1) is 6.20. The molecule has 0 aliphatic rings. The summed E-state index contributed by atoms with van der Waals surface area (Å²) in [6.45, 7) is 7.28. The maximum Gasteiger partial charge on any atom is 0.0919 e. The maximum atomic E-state index is 12.1. The SMILES string of the molecule is CCCN[C@@H](C)CCC[C@H](C)CF. The molecule has 1 nitrogen and oxygen atoms in total. The van der Waals surface area contributed by atoms with E-state index in [0.717, 1.165) is 19.4 Å². The number of halogens is 1. The molecule has 2 heteroatoms. The van der Waals surface area contributed by atoms with Crippen LogP contribution in [0.25, 0.3) is 0 Å². The van der Waals surface area contributed by atoms with Crippen LogP contribution >= 0.6 is 0 Å². The number of nitrogens with one attached hydrogen (secondary N) is 1. The second-order valence-corrected chi connectivity index (χ2v) is 4.05. The van der Waals surface area contributed by atoms with Crippen molar-refractivity contribution in [3.8, 4) is 0 Å². The van der Waals surface area contributed by atoms with Crippen LogP contribution in [0.3, 0.4) is 0 Å². The molecule has 0 aliphatic carbocycles. The summed E-state index contributed by atoms with van der Waals surface area (Å²) in [4.78, 5) is 0. The van der Waals surface area contributed by atoms with Crippen molar-refractivity contribution in [1.29, 1.82) is 0 Å². The van der Waals surface area contributed by atoms with E-state index in [1.165, 1.54) is 12.8 Å². The number of rotatable bonds is 8. The molecule has 80 valence electrons. The van der Waals surface area contributed by atoms with Gasteiger partial charge in [-0.05, 0) is 38.6 Å². The molecule has 0 amide bonds. The van der Waals surface area contributed by atoms with Crippen molar-refractivity contribution in [2.75, 3.05) is 13.2 Å². The molecule has 0 spiro atoms. The lowest BCUT2D eigenvalue weighted by atomic mass is 10.0. The summed E-state index contributed by atoms with van der Waals surface area (Å²) in [6.07, 6.45) is 4.52. The first kappa shape index (κ1) is 12.9. The molecule has 0 bridgehead atoms. The zero-order chi connectivity index (χ0) is 10.1. The van der Waals surface area contributed by atoms with E-state index in [4.69, 9.17) is 0 Å². The highest BCUT2D eigenvalue weighted by molar-refractivity contribution is 4.61. The minimum absolute atomic E-state index is 0.170. The third kappa shape index (κ3) is 8.23. The molecule has 0 radical (unpaired) electrons. The molecule has 0 saturated carbocycles. The third-order valence-corrected chi connectivity index (χ3v) is 2.34. The van der Waals surface area contributed by atoms with Crippen LogP contribution in [0.2, 0.25) is 0 Å². The second kappa shape index (κ2) is 8.49. The van der Waals surface area contributed by atoms with E-state index in [1.54, 1.807) is 0 Å². The monoisotopic (exact) mass is 189 g/mol. The smallest absolute Gasteiger partial charge is 0.0919 e. The Hall–Kier alpha value is -0.110. The van der Waals surface area contributed by atoms with Crippen LogP contribution in [-0.2, 0) is 0 Å². The van der Waals surface area contributed by atoms with E-state index in [1.807, 2.05) is 6.92 Å². The fourth-order valence-electron chi connectivity index (χ4n) is 1.34. The Balaban J connectivity index is 3.21. The van der Waals surface area contributed by atoms with Crippen LogP contribution in [0, 0.1) is 5.92 Å². The van der Waals surface area contributed by atoms with Gasteiger partial charge in [0.15, 0.2) is 0 Å². The van der Waals surface area contributed by atoms with E-state index in [9.17, 15) is 4.39 Å². The predicted molar refractivity (Wildman–Crippen MR) is 56.7 cm³/mol. The summed E-state index contributed by atoms with van der Waals surface area (Å²) in [7, 11) is 0. The van der Waals surface area contributed by atoms with Gasteiger partial charge in [0.25, 0.3) is 0 Å². The largest absolute Gasteiger partial charge is 0.314 e. The zero-order valence-electron chi connectivity index (χ0n) is 9.28. The van der Waals surface area contributed by atoms with E-state index in [2.05, 4.69) is 19.2 Å². The first-order valence-electron chi connectivity index (χ1n) is 5.50. The molecule has 0 aromatic rings. The summed E-state index contributed by atoms with van der Waals surface area (Å²) in [5.41, 5.74) is 0. The molecule has 0 unspecified atom stereocenters. The fourth-order valence-corrected chi connectivity index (χ4v) is 1.34. The highest BCUT2D eigenvalue weighted by Gasteiger charge is 2.03. The summed E-state index contributed by atoms with van der Waals surface area (Å²) in [5, 5.41) is 3.43. The Labute approximate surface area is 82.1 Å². The van der Waals surface area contributed by atoms with Gasteiger partial charge >= 0.3 is 0 Å². The topological polar surface area (TPSA) is 12.0 Å². The van der Waals surface area contributed by atoms with E-state index >= 15 is 0 Å². The predicted octanol–water partition coefficient (Wildman–Crippen LogP) is 3.15. The van der Waals surface area contributed by atoms with Gasteiger partial charge in [-0.15, -0.1) is 0 Å². The molecule has 0 aromatic heterocycles. The molecule has 0 aliphatic heterocycles. The average Bonchev–Trinajstić information content (AvgIpc) is 2.14. The second-order valence-electron chi connectivity index (χ2n) is 4.05. The van der Waals surface area contributed by atoms with Gasteiger partial charge in [0, 0.05) is 6.04 Å². The molecule has 0 aromatic carbocycles. The lowest BCUT2D eigenvalue weighted by molar-refractivity contribution is 0.349. The van der Waals surface area contributed by atoms with Crippen molar-refractivity contribution in [1.82, 2.24) is 5.32 Å². The van der Waals surface area contributed by atoms with Gasteiger partial charge in [0.2, 0.25) is 0 Å². The zero-order valence-corrected chi connectivity index (χ0v) is 9.28. The van der Waals surface area contributed by atoms with Crippen LogP contribution in [-0.4, -0.2) is 19.3 Å². The minimum Gasteiger partial charge on any atom is -0.314 e. The van der Waals surface area contributed by atoms with E-state index in [-0.39, 0.29) is 12.6 Å². The minimum atomic E-state index is -0.170. The highest BCUT2D eigenvalue weighted by atomic mass is 19.1. The number of alkyl halides is 1. The summed E-state index contributed by atoms with van der Waals surface area (Å²) < 4.78 is 12.1. The van der Waals surface area contributed by atoms with E-state index in [0.29, 0.717) is 6.04 Å². The molecule has 13 heavy (non-hydrogen) atoms. The Kier molecular flexibility index (Phi) is 8.41. The van der Waals surface area contributed by atoms with E-state index < -0.39 is 0 Å². The van der Waals surface area contributed by atoms with Crippen molar-refractivity contribution in [3.05, 3.63) is 0 Å². The molecule has 0 fully saturated rings. The van der Waals surface area contributed by atoms with Crippen LogP contribution in [0.4, 0.5) is 4.39 Å². The molecule has 2 atom stereocenters. The molecule has 0 saturated heterocycles. The Bertz CT molecular complexity index is 106. The lowest BCUT2D eigenvalue weighted by Crippen LogP contribution is -2.26. The Morgan fingerprint density at radius 1 is 1.23 bits per heavy atom. The fraction of sp³-hybridized carbons (Fsp3) is 1.00. The van der Waals surface area contributed by atoms with Crippen molar-refractivity contribution in [2.24, 2.45) is 5.92 Å². The Morgan fingerprint density at radius 3 is 2.46 bits per heavy atom. The standard InChI is InChI=1S/C11H24FN/c1-4-8-13-11(3)7-5-6-10(2)9-12/h10-11,13H,4-9H2,1-3H3/t10-,11-/m0/s1. The van der Waals surface area contributed by atoms with Gasteiger partial charge in [-0.25, -0.2) is 0 Å². The van der Waals surface area contributed by atoms with Crippen LogP contribution in [0.5, 0.6) is 0 Å².